The third-order valence-corrected chi connectivity index (χ3v) is 1.79. The second-order valence-electron chi connectivity index (χ2n) is 2.13. The zero-order valence-corrected chi connectivity index (χ0v) is 8.42. The first-order chi connectivity index (χ1) is 6.15. The number of H-pyrrole nitrogens is 1. The Morgan fingerprint density at radius 1 is 1.77 bits per heavy atom. The first-order valence-corrected chi connectivity index (χ1v) is 4.36. The van der Waals surface area contributed by atoms with Crippen LogP contribution < -0.4 is 5.56 Å². The second-order valence-corrected chi connectivity index (χ2v) is 2.98. The Hall–Kier alpha value is -1.17. The molecule has 0 aliphatic heterocycles. The molecule has 0 unspecified atom stereocenters. The predicted octanol–water partition coefficient (Wildman–Crippen LogP) is 0.709. The zero-order valence-electron chi connectivity index (χ0n) is 6.83. The summed E-state index contributed by atoms with van der Waals surface area (Å²) in [6.07, 6.45) is 1.26. The first kappa shape index (κ1) is 9.91. The van der Waals surface area contributed by atoms with E-state index in [2.05, 4.69) is 30.6 Å². The Morgan fingerprint density at radius 2 is 2.46 bits per heavy atom. The van der Waals surface area contributed by atoms with Crippen molar-refractivity contribution in [3.8, 4) is 0 Å². The molecule has 0 atom stereocenters. The minimum Gasteiger partial charge on any atom is -0.460 e. The number of nitrogens with one attached hydrogen (secondary N) is 1. The summed E-state index contributed by atoms with van der Waals surface area (Å²) in [6, 6.07) is 0. The van der Waals surface area contributed by atoms with E-state index in [0.717, 1.165) is 0 Å². The molecule has 1 heterocycles. The van der Waals surface area contributed by atoms with Crippen LogP contribution in [-0.2, 0) is 4.74 Å². The van der Waals surface area contributed by atoms with Crippen LogP contribution in [0.5, 0.6) is 0 Å². The molecule has 1 N–H and O–H groups in total. The van der Waals surface area contributed by atoms with Crippen molar-refractivity contribution in [2.75, 3.05) is 6.61 Å². The van der Waals surface area contributed by atoms with Gasteiger partial charge in [-0.15, -0.1) is 0 Å². The lowest BCUT2D eigenvalue weighted by Gasteiger charge is -1.99. The van der Waals surface area contributed by atoms with Crippen LogP contribution in [0.25, 0.3) is 0 Å². The number of carbonyl (C=O) groups excluding carboxylic acids is 1. The Bertz CT molecular complexity index is 374. The van der Waals surface area contributed by atoms with Crippen molar-refractivity contribution >= 4 is 21.9 Å². The maximum atomic E-state index is 11.0. The van der Waals surface area contributed by atoms with E-state index in [1.807, 2.05) is 0 Å². The van der Waals surface area contributed by atoms with Gasteiger partial charge in [-0.2, -0.15) is 0 Å². The Kier molecular flexibility index (Phi) is 3.18. The number of carbonyl (C=O) groups is 1. The van der Waals surface area contributed by atoms with E-state index in [4.69, 9.17) is 0 Å². The van der Waals surface area contributed by atoms with Crippen LogP contribution in [0.2, 0.25) is 0 Å². The molecule has 0 saturated heterocycles. The van der Waals surface area contributed by atoms with Crippen molar-refractivity contribution in [1.29, 1.82) is 0 Å². The fourth-order valence-corrected chi connectivity index (χ4v) is 0.884. The fourth-order valence-electron chi connectivity index (χ4n) is 0.683. The maximum absolute atomic E-state index is 11.0. The smallest absolute Gasteiger partial charge is 0.374 e. The van der Waals surface area contributed by atoms with Gasteiger partial charge in [-0.3, -0.25) is 9.78 Å². The number of rotatable bonds is 2. The van der Waals surface area contributed by atoms with Crippen LogP contribution in [0.4, 0.5) is 0 Å². The van der Waals surface area contributed by atoms with Gasteiger partial charge in [0.1, 0.15) is 4.47 Å². The Labute approximate surface area is 82.3 Å². The monoisotopic (exact) mass is 246 g/mol. The topological polar surface area (TPSA) is 72.0 Å². The van der Waals surface area contributed by atoms with Gasteiger partial charge >= 0.3 is 5.97 Å². The molecule has 70 valence electrons. The molecule has 13 heavy (non-hydrogen) atoms. The highest BCUT2D eigenvalue weighted by Crippen LogP contribution is 1.99. The molecule has 0 aliphatic rings. The molecule has 1 rings (SSSR count). The molecular formula is C7H7BrN2O3. The first-order valence-electron chi connectivity index (χ1n) is 3.57. The molecule has 0 radical (unpaired) electrons. The average Bonchev–Trinajstić information content (AvgIpc) is 2.10. The van der Waals surface area contributed by atoms with Crippen molar-refractivity contribution in [3.63, 3.8) is 0 Å². The lowest BCUT2D eigenvalue weighted by molar-refractivity contribution is 0.0511. The Balaban J connectivity index is 2.97. The van der Waals surface area contributed by atoms with Crippen molar-refractivity contribution in [3.05, 3.63) is 26.8 Å². The van der Waals surface area contributed by atoms with Crippen LogP contribution in [0.3, 0.4) is 0 Å². The van der Waals surface area contributed by atoms with Gasteiger partial charge in [-0.05, 0) is 22.9 Å². The number of aromatic nitrogens is 2. The lowest BCUT2D eigenvalue weighted by Crippen LogP contribution is -2.17. The van der Waals surface area contributed by atoms with E-state index in [0.29, 0.717) is 0 Å². The van der Waals surface area contributed by atoms with Gasteiger partial charge in [0, 0.05) is 6.20 Å². The van der Waals surface area contributed by atoms with Crippen molar-refractivity contribution in [1.82, 2.24) is 9.97 Å². The highest BCUT2D eigenvalue weighted by atomic mass is 79.9. The fraction of sp³-hybridized carbons (Fsp3) is 0.286. The third kappa shape index (κ3) is 2.38. The summed E-state index contributed by atoms with van der Waals surface area (Å²) in [4.78, 5) is 28.0. The van der Waals surface area contributed by atoms with E-state index in [1.165, 1.54) is 6.20 Å². The highest BCUT2D eigenvalue weighted by molar-refractivity contribution is 9.10. The van der Waals surface area contributed by atoms with Crippen molar-refractivity contribution in [2.24, 2.45) is 0 Å². The normalized spacial score (nSPS) is 9.69. The summed E-state index contributed by atoms with van der Waals surface area (Å²) >= 11 is 2.96. The largest absolute Gasteiger partial charge is 0.460 e. The van der Waals surface area contributed by atoms with Crippen LogP contribution in [0.15, 0.2) is 15.5 Å². The second kappa shape index (κ2) is 4.18. The SMILES string of the molecule is CCOC(=O)c1ncc(Br)c(=O)[nH]1. The number of hydrogen-bond acceptors (Lipinski definition) is 4. The molecule has 1 aromatic rings. The quantitative estimate of drug-likeness (QED) is 0.781. The molecule has 0 bridgehead atoms. The predicted molar refractivity (Wildman–Crippen MR) is 48.5 cm³/mol. The molecule has 6 heteroatoms. The van der Waals surface area contributed by atoms with Crippen LogP contribution in [0.1, 0.15) is 17.5 Å². The van der Waals surface area contributed by atoms with Crippen LogP contribution in [-0.4, -0.2) is 22.5 Å². The van der Waals surface area contributed by atoms with Gasteiger partial charge in [0.05, 0.1) is 6.61 Å². The number of esters is 1. The van der Waals surface area contributed by atoms with Gasteiger partial charge in [0.2, 0.25) is 5.82 Å². The van der Waals surface area contributed by atoms with Crippen LogP contribution in [0, 0.1) is 0 Å². The minimum absolute atomic E-state index is 0.0879. The summed E-state index contributed by atoms with van der Waals surface area (Å²) in [5.74, 6) is -0.720. The average molecular weight is 247 g/mol. The van der Waals surface area contributed by atoms with Gasteiger partial charge < -0.3 is 4.74 Å². The van der Waals surface area contributed by atoms with Gasteiger partial charge in [-0.1, -0.05) is 0 Å². The Morgan fingerprint density at radius 3 is 3.00 bits per heavy atom. The molecule has 0 aliphatic carbocycles. The summed E-state index contributed by atoms with van der Waals surface area (Å²) in [6.45, 7) is 1.92. The molecule has 0 fully saturated rings. The van der Waals surface area contributed by atoms with E-state index in [1.54, 1.807) is 6.92 Å². The van der Waals surface area contributed by atoms with Crippen molar-refractivity contribution in [2.45, 2.75) is 6.92 Å². The highest BCUT2D eigenvalue weighted by Gasteiger charge is 2.09. The molecule has 1 aromatic heterocycles. The van der Waals surface area contributed by atoms with E-state index in [9.17, 15) is 9.59 Å². The van der Waals surface area contributed by atoms with E-state index < -0.39 is 11.5 Å². The molecule has 5 nitrogen and oxygen atoms in total. The van der Waals surface area contributed by atoms with Crippen molar-refractivity contribution < 1.29 is 9.53 Å². The van der Waals surface area contributed by atoms with Gasteiger partial charge in [0.25, 0.3) is 5.56 Å². The maximum Gasteiger partial charge on any atom is 0.374 e. The zero-order chi connectivity index (χ0) is 9.84. The molecule has 0 saturated carbocycles. The number of ether oxygens (including phenoxy) is 1. The summed E-state index contributed by atoms with van der Waals surface area (Å²) in [5.41, 5.74) is -0.405. The third-order valence-electron chi connectivity index (χ3n) is 1.22. The molecular weight excluding hydrogens is 240 g/mol. The number of aromatic amines is 1. The lowest BCUT2D eigenvalue weighted by atomic mass is 10.5. The van der Waals surface area contributed by atoms with E-state index in [-0.39, 0.29) is 16.9 Å². The summed E-state index contributed by atoms with van der Waals surface area (Å²) < 4.78 is 4.91. The minimum atomic E-state index is -0.632. The number of halogens is 1. The number of nitrogens with zero attached hydrogens (tertiary/aromatic N) is 1. The molecule has 0 amide bonds. The number of hydrogen-bond donors (Lipinski definition) is 1. The van der Waals surface area contributed by atoms with Gasteiger partial charge in [-0.25, -0.2) is 9.78 Å². The molecule has 0 aromatic carbocycles. The standard InChI is InChI=1S/C7H7BrN2O3/c1-2-13-7(12)5-9-3-4(8)6(11)10-5/h3H,2H2,1H3,(H,9,10,11). The summed E-state index contributed by atoms with van der Waals surface area (Å²) in [5, 5.41) is 0. The van der Waals surface area contributed by atoms with Crippen LogP contribution >= 0.6 is 15.9 Å². The summed E-state index contributed by atoms with van der Waals surface area (Å²) in [7, 11) is 0. The van der Waals surface area contributed by atoms with Gasteiger partial charge in [0.15, 0.2) is 0 Å². The van der Waals surface area contributed by atoms with E-state index >= 15 is 0 Å². The molecule has 0 spiro atoms.